The summed E-state index contributed by atoms with van der Waals surface area (Å²) in [6.45, 7) is 0. The summed E-state index contributed by atoms with van der Waals surface area (Å²) in [6, 6.07) is 1.30. The smallest absolute Gasteiger partial charge is 0.335 e. The van der Waals surface area contributed by atoms with Gasteiger partial charge in [-0.25, -0.2) is 14.5 Å². The van der Waals surface area contributed by atoms with Gasteiger partial charge in [-0.15, -0.1) is 0 Å². The number of amides is 3. The average molecular weight is 445 g/mol. The number of carbonyl (C=O) groups excluding carboxylic acids is 2. The van der Waals surface area contributed by atoms with Crippen molar-refractivity contribution in [3.8, 4) is 11.8 Å². The fourth-order valence-electron chi connectivity index (χ4n) is 2.00. The molecule has 0 saturated heterocycles. The highest BCUT2D eigenvalue weighted by molar-refractivity contribution is 7.90. The van der Waals surface area contributed by atoms with E-state index in [4.69, 9.17) is 21.1 Å². The molecule has 29 heavy (non-hydrogen) atoms. The second kappa shape index (κ2) is 8.87. The second-order valence-corrected chi connectivity index (χ2v) is 7.58. The first-order valence-corrected chi connectivity index (χ1v) is 9.61. The van der Waals surface area contributed by atoms with Crippen LogP contribution in [0.2, 0.25) is 5.02 Å². The highest BCUT2D eigenvalue weighted by Gasteiger charge is 2.27. The molecule has 0 aliphatic rings. The van der Waals surface area contributed by atoms with Gasteiger partial charge in [0.2, 0.25) is 17.7 Å². The van der Waals surface area contributed by atoms with Crippen molar-refractivity contribution in [1.82, 2.24) is 24.6 Å². The van der Waals surface area contributed by atoms with Gasteiger partial charge in [-0.2, -0.15) is 18.4 Å². The van der Waals surface area contributed by atoms with Crippen LogP contribution in [0.5, 0.6) is 11.8 Å². The van der Waals surface area contributed by atoms with E-state index in [1.807, 2.05) is 0 Å². The third-order valence-electron chi connectivity index (χ3n) is 3.26. The van der Waals surface area contributed by atoms with E-state index in [9.17, 15) is 18.0 Å². The fourth-order valence-corrected chi connectivity index (χ4v) is 3.18. The first kappa shape index (κ1) is 22.1. The number of nitrogens with zero attached hydrogens (tertiary/aromatic N) is 4. The Bertz CT molecular complexity index is 1020. The molecule has 0 aliphatic carbocycles. The summed E-state index contributed by atoms with van der Waals surface area (Å²) in [6.07, 6.45) is 1.04. The molecule has 2 heterocycles. The zero-order chi connectivity index (χ0) is 21.8. The number of nitrogens with one attached hydrogen (secondary N) is 2. The monoisotopic (exact) mass is 444 g/mol. The Labute approximate surface area is 171 Å². The maximum absolute atomic E-state index is 12.6. The number of aromatic nitrogens is 3. The van der Waals surface area contributed by atoms with Gasteiger partial charge in [0, 0.05) is 20.3 Å². The molecule has 14 heteroatoms. The number of ether oxygens (including phenoxy) is 2. The van der Waals surface area contributed by atoms with Gasteiger partial charge in [-0.05, 0) is 6.07 Å². The van der Waals surface area contributed by atoms with Crippen molar-refractivity contribution in [2.45, 2.75) is 5.03 Å². The lowest BCUT2D eigenvalue weighted by atomic mass is 10.2. The van der Waals surface area contributed by atoms with Crippen molar-refractivity contribution < 1.29 is 27.5 Å². The molecule has 156 valence electrons. The number of anilines is 1. The van der Waals surface area contributed by atoms with Gasteiger partial charge in [-0.1, -0.05) is 11.6 Å². The number of sulfonamides is 1. The summed E-state index contributed by atoms with van der Waals surface area (Å²) < 4.78 is 36.8. The second-order valence-electron chi connectivity index (χ2n) is 5.54. The van der Waals surface area contributed by atoms with Gasteiger partial charge in [0.15, 0.2) is 5.03 Å². The minimum atomic E-state index is -4.53. The molecule has 3 amide bonds. The molecule has 0 atom stereocenters. The molecule has 0 saturated carbocycles. The molecule has 2 aromatic rings. The third kappa shape index (κ3) is 5.42. The summed E-state index contributed by atoms with van der Waals surface area (Å²) in [4.78, 5) is 37.0. The fraction of sp³-hybridized carbons (Fsp3) is 0.267. The third-order valence-corrected chi connectivity index (χ3v) is 4.75. The van der Waals surface area contributed by atoms with Crippen LogP contribution in [0.3, 0.4) is 0 Å². The molecule has 0 fully saturated rings. The van der Waals surface area contributed by atoms with Crippen LogP contribution in [0.15, 0.2) is 23.4 Å². The van der Waals surface area contributed by atoms with E-state index in [-0.39, 0.29) is 28.3 Å². The first-order chi connectivity index (χ1) is 13.6. The molecule has 0 unspecified atom stereocenters. The predicted molar refractivity (Wildman–Crippen MR) is 102 cm³/mol. The van der Waals surface area contributed by atoms with Gasteiger partial charge in [0.05, 0.1) is 30.9 Å². The molecule has 2 rings (SSSR count). The van der Waals surface area contributed by atoms with Crippen molar-refractivity contribution in [3.05, 3.63) is 28.9 Å². The standard InChI is InChI=1S/C15H17ClN6O6S/c1-22(2)13(23)9-5-8(16)7-17-12(9)29(25,26)21-15(24)20-14-18-10(27-3)6-11(19-14)28-4/h5-7H,1-4H3,(H2,18,19,20,21,24). The van der Waals surface area contributed by atoms with Gasteiger partial charge >= 0.3 is 6.03 Å². The molecule has 0 aliphatic heterocycles. The van der Waals surface area contributed by atoms with E-state index in [0.717, 1.165) is 17.2 Å². The Morgan fingerprint density at radius 3 is 2.21 bits per heavy atom. The summed E-state index contributed by atoms with van der Waals surface area (Å²) in [5, 5.41) is 1.52. The Hall–Kier alpha value is -3.19. The number of hydrogen-bond acceptors (Lipinski definition) is 9. The zero-order valence-electron chi connectivity index (χ0n) is 15.8. The van der Waals surface area contributed by atoms with E-state index >= 15 is 0 Å². The highest BCUT2D eigenvalue weighted by atomic mass is 35.5. The topological polar surface area (TPSA) is 153 Å². The van der Waals surface area contributed by atoms with Gasteiger partial charge in [-0.3, -0.25) is 10.1 Å². The molecule has 2 aromatic heterocycles. The van der Waals surface area contributed by atoms with E-state index < -0.39 is 27.0 Å². The Morgan fingerprint density at radius 1 is 1.10 bits per heavy atom. The zero-order valence-corrected chi connectivity index (χ0v) is 17.3. The first-order valence-electron chi connectivity index (χ1n) is 7.75. The highest BCUT2D eigenvalue weighted by Crippen LogP contribution is 2.20. The van der Waals surface area contributed by atoms with Crippen molar-refractivity contribution in [1.29, 1.82) is 0 Å². The van der Waals surface area contributed by atoms with Crippen molar-refractivity contribution in [3.63, 3.8) is 0 Å². The molecule has 0 spiro atoms. The summed E-state index contributed by atoms with van der Waals surface area (Å²) in [5.41, 5.74) is -0.304. The van der Waals surface area contributed by atoms with Crippen LogP contribution in [-0.4, -0.2) is 68.5 Å². The summed E-state index contributed by atoms with van der Waals surface area (Å²) in [5.74, 6) is -0.786. The predicted octanol–water partition coefficient (Wildman–Crippen LogP) is 0.754. The Morgan fingerprint density at radius 2 is 1.69 bits per heavy atom. The quantitative estimate of drug-likeness (QED) is 0.657. The maximum atomic E-state index is 12.6. The lowest BCUT2D eigenvalue weighted by molar-refractivity contribution is 0.0823. The number of carbonyl (C=O) groups is 2. The number of halogens is 1. The molecule has 12 nitrogen and oxygen atoms in total. The lowest BCUT2D eigenvalue weighted by Crippen LogP contribution is -2.37. The van der Waals surface area contributed by atoms with Crippen LogP contribution in [0.4, 0.5) is 10.7 Å². The van der Waals surface area contributed by atoms with Crippen LogP contribution < -0.4 is 19.5 Å². The largest absolute Gasteiger partial charge is 0.481 e. The normalized spacial score (nSPS) is 10.8. The van der Waals surface area contributed by atoms with Crippen molar-refractivity contribution in [2.24, 2.45) is 0 Å². The number of hydrogen-bond donors (Lipinski definition) is 2. The summed E-state index contributed by atoms with van der Waals surface area (Å²) in [7, 11) is 0.991. The maximum Gasteiger partial charge on any atom is 0.335 e. The minimum absolute atomic E-state index is 0.0514. The lowest BCUT2D eigenvalue weighted by Gasteiger charge is -2.14. The van der Waals surface area contributed by atoms with Crippen LogP contribution in [0.25, 0.3) is 0 Å². The van der Waals surface area contributed by atoms with Crippen molar-refractivity contribution in [2.75, 3.05) is 33.6 Å². The van der Waals surface area contributed by atoms with Gasteiger partial charge < -0.3 is 14.4 Å². The number of rotatable bonds is 6. The number of urea groups is 1. The van der Waals surface area contributed by atoms with E-state index in [0.29, 0.717) is 0 Å². The van der Waals surface area contributed by atoms with Gasteiger partial charge in [0.1, 0.15) is 0 Å². The van der Waals surface area contributed by atoms with Crippen LogP contribution in [0, 0.1) is 0 Å². The SMILES string of the molecule is COc1cc(OC)nc(NC(=O)NS(=O)(=O)c2ncc(Cl)cc2C(=O)N(C)C)n1. The van der Waals surface area contributed by atoms with E-state index in [1.54, 1.807) is 4.72 Å². The summed E-state index contributed by atoms with van der Waals surface area (Å²) >= 11 is 5.82. The van der Waals surface area contributed by atoms with Crippen LogP contribution in [-0.2, 0) is 10.0 Å². The molecule has 0 aromatic carbocycles. The molecular formula is C15H17ClN6O6S. The Kier molecular flexibility index (Phi) is 6.76. The molecular weight excluding hydrogens is 428 g/mol. The number of methoxy groups -OCH3 is 2. The Balaban J connectivity index is 2.30. The van der Waals surface area contributed by atoms with Crippen molar-refractivity contribution >= 4 is 39.5 Å². The minimum Gasteiger partial charge on any atom is -0.481 e. The van der Waals surface area contributed by atoms with E-state index in [1.165, 1.54) is 34.4 Å². The molecule has 0 bridgehead atoms. The molecule has 2 N–H and O–H groups in total. The molecule has 0 radical (unpaired) electrons. The van der Waals surface area contributed by atoms with Gasteiger partial charge in [0.25, 0.3) is 15.9 Å². The average Bonchev–Trinajstić information content (AvgIpc) is 2.65. The van der Waals surface area contributed by atoms with Crippen LogP contribution in [0.1, 0.15) is 10.4 Å². The number of pyridine rings is 1. The van der Waals surface area contributed by atoms with E-state index in [2.05, 4.69) is 20.3 Å². The van der Waals surface area contributed by atoms with Crippen LogP contribution >= 0.6 is 11.6 Å².